The van der Waals surface area contributed by atoms with E-state index in [0.29, 0.717) is 55.7 Å². The molecule has 0 spiro atoms. The number of likely N-dealkylation sites (tertiary alicyclic amines) is 1. The van der Waals surface area contributed by atoms with Crippen LogP contribution >= 0.6 is 0 Å². The SMILES string of the molecule is CC(C)n1oc(=O)nc1C1(CCNCC(=O)N2CCC[C@H]2C#N)c2ccc(C(N)=O)cc2CCc2cc(C(N)=O)ccc21. The number of aryl methyl sites for hydroxylation is 2. The lowest BCUT2D eigenvalue weighted by atomic mass is 9.69. The molecule has 2 heterocycles. The van der Waals surface area contributed by atoms with Gasteiger partial charge in [0.05, 0.1) is 24.1 Å². The Morgan fingerprint density at radius 1 is 1.09 bits per heavy atom. The maximum atomic E-state index is 13.0. The standard InChI is InChI=1S/C31H35N7O5/c1-18(2)38-29(36-30(42)43-38)31(11-12-35-17-26(39)37-13-3-4-23(37)16-32)24-9-7-21(27(33)40)14-19(24)5-6-20-15-22(28(34)41)8-10-25(20)31/h7-10,14-15,18,23,35H,3-6,11-13,17H2,1-2H3,(H2,33,40)(H2,34,41)/t23-/m0/s1. The topological polar surface area (TPSA) is 190 Å². The molecule has 12 heteroatoms. The summed E-state index contributed by atoms with van der Waals surface area (Å²) in [5, 5.41) is 12.7. The summed E-state index contributed by atoms with van der Waals surface area (Å²) in [6.45, 7) is 4.67. The molecule has 0 saturated carbocycles. The van der Waals surface area contributed by atoms with Crippen molar-refractivity contribution in [1.82, 2.24) is 19.9 Å². The van der Waals surface area contributed by atoms with Gasteiger partial charge in [-0.3, -0.25) is 14.4 Å². The number of carbonyl (C=O) groups excluding carboxylic acids is 3. The maximum absolute atomic E-state index is 13.0. The minimum atomic E-state index is -1.08. The van der Waals surface area contributed by atoms with Crippen molar-refractivity contribution in [1.29, 1.82) is 5.26 Å². The first-order valence-corrected chi connectivity index (χ1v) is 14.4. The van der Waals surface area contributed by atoms with Crippen molar-refractivity contribution in [3.63, 3.8) is 0 Å². The van der Waals surface area contributed by atoms with E-state index in [2.05, 4.69) is 16.4 Å². The first kappa shape index (κ1) is 29.7. The average Bonchev–Trinajstić information content (AvgIpc) is 3.60. The van der Waals surface area contributed by atoms with Crippen LogP contribution in [0.1, 0.15) is 87.9 Å². The molecule has 1 aromatic heterocycles. The van der Waals surface area contributed by atoms with Crippen LogP contribution in [0.15, 0.2) is 45.7 Å². The molecule has 1 aliphatic carbocycles. The maximum Gasteiger partial charge on any atom is 0.459 e. The van der Waals surface area contributed by atoms with Gasteiger partial charge in [0, 0.05) is 17.7 Å². The number of nitrogens with zero attached hydrogens (tertiary/aromatic N) is 4. The predicted octanol–water partition coefficient (Wildman–Crippen LogP) is 1.54. The van der Waals surface area contributed by atoms with Crippen LogP contribution in [-0.2, 0) is 23.1 Å². The molecule has 12 nitrogen and oxygen atoms in total. The van der Waals surface area contributed by atoms with E-state index < -0.39 is 29.0 Å². The van der Waals surface area contributed by atoms with Gasteiger partial charge in [-0.2, -0.15) is 15.0 Å². The van der Waals surface area contributed by atoms with Gasteiger partial charge in [0.1, 0.15) is 6.04 Å². The second kappa shape index (κ2) is 11.9. The normalized spacial score (nSPS) is 17.2. The lowest BCUT2D eigenvalue weighted by molar-refractivity contribution is -0.130. The molecular formula is C31H35N7O5. The van der Waals surface area contributed by atoms with E-state index in [0.717, 1.165) is 28.7 Å². The number of carbonyl (C=O) groups is 3. The molecule has 43 heavy (non-hydrogen) atoms. The van der Waals surface area contributed by atoms with Gasteiger partial charge in [-0.05, 0) is 99.0 Å². The highest BCUT2D eigenvalue weighted by Crippen LogP contribution is 2.47. The van der Waals surface area contributed by atoms with Crippen LogP contribution in [0.5, 0.6) is 0 Å². The molecule has 1 fully saturated rings. The van der Waals surface area contributed by atoms with E-state index in [1.807, 2.05) is 26.0 Å². The molecule has 2 aliphatic rings. The van der Waals surface area contributed by atoms with Gasteiger partial charge >= 0.3 is 5.76 Å². The van der Waals surface area contributed by atoms with Crippen LogP contribution in [0.25, 0.3) is 0 Å². The fourth-order valence-electron chi connectivity index (χ4n) is 6.47. The average molecular weight is 586 g/mol. The fourth-order valence-corrected chi connectivity index (χ4v) is 6.47. The molecule has 1 saturated heterocycles. The lowest BCUT2D eigenvalue weighted by Gasteiger charge is -2.36. The Bertz CT molecular complexity index is 1620. The number of rotatable bonds is 9. The van der Waals surface area contributed by atoms with E-state index in [1.165, 1.54) is 4.74 Å². The fraction of sp³-hybridized carbons (Fsp3) is 0.419. The molecule has 0 bridgehead atoms. The highest BCUT2D eigenvalue weighted by atomic mass is 16.5. The summed E-state index contributed by atoms with van der Waals surface area (Å²) in [4.78, 5) is 56.0. The Hall–Kier alpha value is -4.76. The van der Waals surface area contributed by atoms with Crippen molar-refractivity contribution in [3.05, 3.63) is 86.2 Å². The zero-order valence-corrected chi connectivity index (χ0v) is 24.3. The molecule has 3 aromatic rings. The molecule has 5 N–H and O–H groups in total. The summed E-state index contributed by atoms with van der Waals surface area (Å²) in [7, 11) is 0. The van der Waals surface area contributed by atoms with Crippen molar-refractivity contribution in [2.24, 2.45) is 11.5 Å². The van der Waals surface area contributed by atoms with Gasteiger partial charge in [0.25, 0.3) is 0 Å². The number of nitrogens with two attached hydrogens (primary N) is 2. The highest BCUT2D eigenvalue weighted by molar-refractivity contribution is 5.94. The summed E-state index contributed by atoms with van der Waals surface area (Å²) in [5.74, 6) is -1.67. The van der Waals surface area contributed by atoms with Crippen LogP contribution in [0.4, 0.5) is 0 Å². The monoisotopic (exact) mass is 585 g/mol. The summed E-state index contributed by atoms with van der Waals surface area (Å²) < 4.78 is 7.07. The number of primary amides is 2. The smallest absolute Gasteiger partial charge is 0.366 e. The van der Waals surface area contributed by atoms with E-state index in [1.54, 1.807) is 29.2 Å². The van der Waals surface area contributed by atoms with Crippen molar-refractivity contribution in [2.75, 3.05) is 19.6 Å². The Morgan fingerprint density at radius 3 is 2.23 bits per heavy atom. The zero-order chi connectivity index (χ0) is 30.9. The summed E-state index contributed by atoms with van der Waals surface area (Å²) in [5.41, 5.74) is 14.2. The first-order valence-electron chi connectivity index (χ1n) is 14.4. The van der Waals surface area contributed by atoms with Crippen LogP contribution < -0.4 is 22.5 Å². The van der Waals surface area contributed by atoms with E-state index in [-0.39, 0.29) is 18.5 Å². The van der Waals surface area contributed by atoms with Gasteiger partial charge in [0.2, 0.25) is 17.7 Å². The minimum absolute atomic E-state index is 0.0327. The molecule has 1 aliphatic heterocycles. The van der Waals surface area contributed by atoms with Gasteiger partial charge in [-0.1, -0.05) is 12.1 Å². The van der Waals surface area contributed by atoms with Crippen molar-refractivity contribution >= 4 is 17.7 Å². The third-order valence-corrected chi connectivity index (χ3v) is 8.47. The van der Waals surface area contributed by atoms with E-state index >= 15 is 0 Å². The quantitative estimate of drug-likeness (QED) is 0.315. The summed E-state index contributed by atoms with van der Waals surface area (Å²) >= 11 is 0. The molecule has 5 rings (SSSR count). The second-order valence-corrected chi connectivity index (χ2v) is 11.4. The predicted molar refractivity (Wildman–Crippen MR) is 156 cm³/mol. The molecule has 3 amide bonds. The second-order valence-electron chi connectivity index (χ2n) is 11.4. The van der Waals surface area contributed by atoms with Gasteiger partial charge in [0.15, 0.2) is 5.82 Å². The van der Waals surface area contributed by atoms with Crippen LogP contribution in [0, 0.1) is 11.3 Å². The minimum Gasteiger partial charge on any atom is -0.366 e. The number of hydrogen-bond donors (Lipinski definition) is 3. The number of hydrogen-bond acceptors (Lipinski definition) is 8. The number of aromatic nitrogens is 2. The van der Waals surface area contributed by atoms with E-state index in [4.69, 9.17) is 16.0 Å². The molecule has 0 unspecified atom stereocenters. The van der Waals surface area contributed by atoms with Crippen molar-refractivity contribution in [3.8, 4) is 6.07 Å². The number of nitriles is 1. The molecule has 1 atom stereocenters. The molecular weight excluding hydrogens is 550 g/mol. The number of amides is 3. The number of nitrogens with one attached hydrogen (secondary N) is 1. The van der Waals surface area contributed by atoms with E-state index in [9.17, 15) is 24.4 Å². The lowest BCUT2D eigenvalue weighted by Crippen LogP contribution is -2.42. The first-order chi connectivity index (χ1) is 20.6. The molecule has 0 radical (unpaired) electrons. The van der Waals surface area contributed by atoms with Gasteiger partial charge in [-0.15, -0.1) is 0 Å². The Balaban J connectivity index is 1.65. The third kappa shape index (κ3) is 5.44. The Labute approximate surface area is 248 Å². The zero-order valence-electron chi connectivity index (χ0n) is 24.3. The number of benzene rings is 2. The van der Waals surface area contributed by atoms with Gasteiger partial charge < -0.3 is 26.2 Å². The van der Waals surface area contributed by atoms with Crippen molar-refractivity contribution in [2.45, 2.75) is 63.5 Å². The number of fused-ring (bicyclic) bond motifs is 2. The summed E-state index contributed by atoms with van der Waals surface area (Å²) in [6, 6.07) is 12.0. The molecule has 2 aromatic carbocycles. The van der Waals surface area contributed by atoms with Gasteiger partial charge in [-0.25, -0.2) is 4.79 Å². The Morgan fingerprint density at radius 2 is 1.70 bits per heavy atom. The molecule has 224 valence electrons. The third-order valence-electron chi connectivity index (χ3n) is 8.47. The Kier molecular flexibility index (Phi) is 8.19. The van der Waals surface area contributed by atoms with Crippen molar-refractivity contribution < 1.29 is 18.9 Å². The highest BCUT2D eigenvalue weighted by Gasteiger charge is 2.46. The van der Waals surface area contributed by atoms with Crippen LogP contribution in [-0.4, -0.2) is 58.0 Å². The largest absolute Gasteiger partial charge is 0.459 e. The summed E-state index contributed by atoms with van der Waals surface area (Å²) in [6.07, 6.45) is 2.84. The van der Waals surface area contributed by atoms with Crippen LogP contribution in [0.2, 0.25) is 0 Å². The van der Waals surface area contributed by atoms with Crippen LogP contribution in [0.3, 0.4) is 0 Å².